The van der Waals surface area contributed by atoms with Crippen molar-refractivity contribution in [1.29, 1.82) is 0 Å². The summed E-state index contributed by atoms with van der Waals surface area (Å²) in [6, 6.07) is 11.4. The predicted molar refractivity (Wildman–Crippen MR) is 77.6 cm³/mol. The number of fused-ring (bicyclic) bond motifs is 2. The standard InChI is InChI=1S/C13H10N6S/c14-8-4-5-9-10(7-8)16-12(15-9)20-13-18-17-11-3-1-2-6-19(11)13/h1-7H,14H2,(H,15,16). The maximum Gasteiger partial charge on any atom is 0.203 e. The molecule has 4 aromatic rings. The summed E-state index contributed by atoms with van der Waals surface area (Å²) in [5.74, 6) is 0. The van der Waals surface area contributed by atoms with E-state index in [1.54, 1.807) is 0 Å². The van der Waals surface area contributed by atoms with E-state index < -0.39 is 0 Å². The van der Waals surface area contributed by atoms with E-state index in [0.29, 0.717) is 5.69 Å². The third-order valence-corrected chi connectivity index (χ3v) is 3.80. The van der Waals surface area contributed by atoms with Gasteiger partial charge in [-0.25, -0.2) is 4.98 Å². The largest absolute Gasteiger partial charge is 0.399 e. The zero-order valence-electron chi connectivity index (χ0n) is 10.3. The highest BCUT2D eigenvalue weighted by Gasteiger charge is 2.10. The van der Waals surface area contributed by atoms with Crippen molar-refractivity contribution in [3.63, 3.8) is 0 Å². The highest BCUT2D eigenvalue weighted by atomic mass is 32.2. The van der Waals surface area contributed by atoms with E-state index in [2.05, 4.69) is 20.2 Å². The van der Waals surface area contributed by atoms with Crippen LogP contribution in [0.1, 0.15) is 0 Å². The molecule has 0 aliphatic rings. The van der Waals surface area contributed by atoms with Crippen LogP contribution in [0.5, 0.6) is 0 Å². The molecular formula is C13H10N6S. The van der Waals surface area contributed by atoms with E-state index in [-0.39, 0.29) is 0 Å². The molecule has 0 unspecified atom stereocenters. The van der Waals surface area contributed by atoms with Crippen molar-refractivity contribution in [3.05, 3.63) is 42.6 Å². The zero-order chi connectivity index (χ0) is 13.5. The monoisotopic (exact) mass is 282 g/mol. The van der Waals surface area contributed by atoms with Crippen molar-refractivity contribution >= 4 is 34.1 Å². The highest BCUT2D eigenvalue weighted by Crippen LogP contribution is 2.26. The van der Waals surface area contributed by atoms with Gasteiger partial charge in [0.1, 0.15) is 0 Å². The summed E-state index contributed by atoms with van der Waals surface area (Å²) in [6.45, 7) is 0. The maximum absolute atomic E-state index is 5.76. The van der Waals surface area contributed by atoms with Gasteiger partial charge < -0.3 is 10.7 Å². The first-order chi connectivity index (χ1) is 9.79. The normalized spacial score (nSPS) is 11.4. The molecule has 0 aliphatic carbocycles. The number of pyridine rings is 1. The Balaban J connectivity index is 1.76. The van der Waals surface area contributed by atoms with Crippen molar-refractivity contribution in [3.8, 4) is 0 Å². The molecule has 0 saturated carbocycles. The molecule has 0 atom stereocenters. The highest BCUT2D eigenvalue weighted by molar-refractivity contribution is 7.99. The van der Waals surface area contributed by atoms with Gasteiger partial charge in [-0.1, -0.05) is 6.07 Å². The van der Waals surface area contributed by atoms with Gasteiger partial charge >= 0.3 is 0 Å². The first kappa shape index (κ1) is 11.3. The number of nitrogen functional groups attached to an aromatic ring is 1. The van der Waals surface area contributed by atoms with Gasteiger partial charge in [0.2, 0.25) is 5.16 Å². The molecule has 4 rings (SSSR count). The smallest absolute Gasteiger partial charge is 0.203 e. The van der Waals surface area contributed by atoms with E-state index in [4.69, 9.17) is 5.73 Å². The van der Waals surface area contributed by atoms with Crippen LogP contribution in [0, 0.1) is 0 Å². The Labute approximate surface area is 118 Å². The average molecular weight is 282 g/mol. The Morgan fingerprint density at radius 1 is 1.15 bits per heavy atom. The lowest BCUT2D eigenvalue weighted by atomic mass is 10.3. The van der Waals surface area contributed by atoms with Crippen molar-refractivity contribution < 1.29 is 0 Å². The Bertz CT molecular complexity index is 909. The van der Waals surface area contributed by atoms with Crippen molar-refractivity contribution in [2.45, 2.75) is 10.3 Å². The van der Waals surface area contributed by atoms with Gasteiger partial charge in [-0.2, -0.15) is 0 Å². The van der Waals surface area contributed by atoms with Gasteiger partial charge in [0.15, 0.2) is 10.8 Å². The van der Waals surface area contributed by atoms with E-state index >= 15 is 0 Å². The van der Waals surface area contributed by atoms with Gasteiger partial charge in [-0.3, -0.25) is 4.40 Å². The Hall–Kier alpha value is -2.54. The minimum Gasteiger partial charge on any atom is -0.399 e. The van der Waals surface area contributed by atoms with Crippen LogP contribution in [0.15, 0.2) is 52.9 Å². The zero-order valence-corrected chi connectivity index (χ0v) is 11.1. The Morgan fingerprint density at radius 3 is 3.05 bits per heavy atom. The molecule has 3 aromatic heterocycles. The van der Waals surface area contributed by atoms with Gasteiger partial charge in [-0.15, -0.1) is 10.2 Å². The van der Waals surface area contributed by atoms with Crippen molar-refractivity contribution in [2.24, 2.45) is 0 Å². The topological polar surface area (TPSA) is 84.9 Å². The van der Waals surface area contributed by atoms with Crippen LogP contribution in [0.3, 0.4) is 0 Å². The van der Waals surface area contributed by atoms with E-state index in [1.807, 2.05) is 47.0 Å². The minimum atomic E-state index is 0.714. The molecule has 0 amide bonds. The molecule has 7 heteroatoms. The molecule has 0 aliphatic heterocycles. The molecule has 6 nitrogen and oxygen atoms in total. The molecule has 98 valence electrons. The molecule has 20 heavy (non-hydrogen) atoms. The molecule has 0 saturated heterocycles. The second-order valence-electron chi connectivity index (χ2n) is 4.33. The molecule has 3 N–H and O–H groups in total. The van der Waals surface area contributed by atoms with E-state index in [9.17, 15) is 0 Å². The third-order valence-electron chi connectivity index (χ3n) is 2.95. The molecule has 0 radical (unpaired) electrons. The lowest BCUT2D eigenvalue weighted by molar-refractivity contribution is 0.913. The minimum absolute atomic E-state index is 0.714. The number of nitrogens with one attached hydrogen (secondary N) is 1. The van der Waals surface area contributed by atoms with Crippen molar-refractivity contribution in [2.75, 3.05) is 5.73 Å². The van der Waals surface area contributed by atoms with Crippen LogP contribution in [0.2, 0.25) is 0 Å². The third kappa shape index (κ3) is 1.79. The maximum atomic E-state index is 5.76. The number of anilines is 1. The number of hydrogen-bond donors (Lipinski definition) is 2. The number of H-pyrrole nitrogens is 1. The number of nitrogens with zero attached hydrogens (tertiary/aromatic N) is 4. The van der Waals surface area contributed by atoms with Gasteiger partial charge in [0, 0.05) is 11.9 Å². The number of imidazole rings is 1. The molecule has 0 spiro atoms. The second kappa shape index (κ2) is 4.24. The summed E-state index contributed by atoms with van der Waals surface area (Å²) in [5, 5.41) is 9.82. The fourth-order valence-electron chi connectivity index (χ4n) is 2.03. The summed E-state index contributed by atoms with van der Waals surface area (Å²) in [4.78, 5) is 7.74. The first-order valence-corrected chi connectivity index (χ1v) is 6.84. The summed E-state index contributed by atoms with van der Waals surface area (Å²) in [7, 11) is 0. The fraction of sp³-hybridized carbons (Fsp3) is 0. The fourth-order valence-corrected chi connectivity index (χ4v) is 2.84. The van der Waals surface area contributed by atoms with E-state index in [1.165, 1.54) is 11.8 Å². The number of hydrogen-bond acceptors (Lipinski definition) is 5. The predicted octanol–water partition coefficient (Wildman–Crippen LogP) is 2.34. The van der Waals surface area contributed by atoms with Crippen LogP contribution in [0.25, 0.3) is 16.7 Å². The second-order valence-corrected chi connectivity index (χ2v) is 5.29. The van der Waals surface area contributed by atoms with Crippen LogP contribution >= 0.6 is 11.8 Å². The SMILES string of the molecule is Nc1ccc2nc(Sc3nnc4ccccn34)[nH]c2c1. The summed E-state index contributed by atoms with van der Waals surface area (Å²) in [6.07, 6.45) is 1.93. The number of nitrogens with two attached hydrogens (primary N) is 1. The number of aromatic amines is 1. The van der Waals surface area contributed by atoms with Crippen molar-refractivity contribution in [1.82, 2.24) is 24.6 Å². The number of aromatic nitrogens is 5. The quantitative estimate of drug-likeness (QED) is 0.551. The number of benzene rings is 1. The Kier molecular flexibility index (Phi) is 2.40. The summed E-state index contributed by atoms with van der Waals surface area (Å²) in [5.41, 5.74) is 9.09. The van der Waals surface area contributed by atoms with Crippen LogP contribution in [-0.2, 0) is 0 Å². The molecule has 3 heterocycles. The Morgan fingerprint density at radius 2 is 2.10 bits per heavy atom. The summed E-state index contributed by atoms with van der Waals surface area (Å²) >= 11 is 1.44. The average Bonchev–Trinajstić information content (AvgIpc) is 3.03. The van der Waals surface area contributed by atoms with Crippen LogP contribution < -0.4 is 5.73 Å². The summed E-state index contributed by atoms with van der Waals surface area (Å²) < 4.78 is 1.92. The first-order valence-electron chi connectivity index (χ1n) is 6.02. The molecular weight excluding hydrogens is 272 g/mol. The van der Waals surface area contributed by atoms with Crippen LogP contribution in [-0.4, -0.2) is 24.6 Å². The van der Waals surface area contributed by atoms with Gasteiger partial charge in [0.25, 0.3) is 0 Å². The molecule has 0 bridgehead atoms. The van der Waals surface area contributed by atoms with Gasteiger partial charge in [0.05, 0.1) is 11.0 Å². The molecule has 0 fully saturated rings. The number of rotatable bonds is 2. The van der Waals surface area contributed by atoms with Crippen LogP contribution in [0.4, 0.5) is 5.69 Å². The lowest BCUT2D eigenvalue weighted by Gasteiger charge is -1.95. The van der Waals surface area contributed by atoms with E-state index in [0.717, 1.165) is 27.0 Å². The molecule has 1 aromatic carbocycles. The van der Waals surface area contributed by atoms with Gasteiger partial charge in [-0.05, 0) is 42.1 Å². The lowest BCUT2D eigenvalue weighted by Crippen LogP contribution is -1.86.